The van der Waals surface area contributed by atoms with Gasteiger partial charge in [0.05, 0.1) is 17.9 Å². The first-order chi connectivity index (χ1) is 14.2. The molecule has 2 aromatic carbocycles. The Hall–Kier alpha value is -3.85. The molecule has 0 spiro atoms. The maximum atomic E-state index is 12.9. The number of esters is 1. The lowest BCUT2D eigenvalue weighted by Crippen LogP contribution is -2.49. The van der Waals surface area contributed by atoms with Gasteiger partial charge in [0, 0.05) is 13.0 Å². The zero-order valence-electron chi connectivity index (χ0n) is 15.6. The van der Waals surface area contributed by atoms with E-state index in [9.17, 15) is 9.59 Å². The largest absolute Gasteiger partial charge is 0.459 e. The van der Waals surface area contributed by atoms with Crippen LogP contribution >= 0.6 is 0 Å². The van der Waals surface area contributed by atoms with E-state index in [1.165, 1.54) is 11.2 Å². The second kappa shape index (κ2) is 8.03. The number of rotatable bonds is 4. The molecule has 1 aromatic heterocycles. The highest BCUT2D eigenvalue weighted by molar-refractivity contribution is 5.95. The molecule has 1 aliphatic heterocycles. The number of nitrogens with zero attached hydrogens (tertiary/aromatic N) is 2. The number of nitriles is 1. The van der Waals surface area contributed by atoms with Crippen molar-refractivity contribution in [2.45, 2.75) is 25.6 Å². The molecule has 1 amide bonds. The van der Waals surface area contributed by atoms with E-state index in [1.54, 1.807) is 36.4 Å². The minimum atomic E-state index is -0.748. The van der Waals surface area contributed by atoms with Crippen molar-refractivity contribution in [1.82, 2.24) is 4.90 Å². The molecule has 6 nitrogen and oxygen atoms in total. The van der Waals surface area contributed by atoms with Crippen molar-refractivity contribution in [2.75, 3.05) is 0 Å². The summed E-state index contributed by atoms with van der Waals surface area (Å²) in [5.74, 6) is -0.649. The number of carbonyl (C=O) groups excluding carboxylic acids is 2. The first-order valence-corrected chi connectivity index (χ1v) is 9.22. The maximum Gasteiger partial charge on any atom is 0.329 e. The fourth-order valence-electron chi connectivity index (χ4n) is 3.47. The van der Waals surface area contributed by atoms with E-state index in [0.717, 1.165) is 16.7 Å². The van der Waals surface area contributed by atoms with Gasteiger partial charge in [-0.3, -0.25) is 4.79 Å². The molecule has 4 rings (SSSR count). The Bertz CT molecular complexity index is 1080. The smallest absolute Gasteiger partial charge is 0.329 e. The fourth-order valence-corrected chi connectivity index (χ4v) is 3.47. The van der Waals surface area contributed by atoms with Gasteiger partial charge >= 0.3 is 5.97 Å². The molecule has 0 saturated heterocycles. The van der Waals surface area contributed by atoms with Gasteiger partial charge in [0.15, 0.2) is 5.76 Å². The standard InChI is InChI=1S/C23H18N2O4/c24-13-16-5-3-6-17(11-16)15-29-23(27)20-12-18-7-1-2-8-19(18)14-25(20)22(26)21-9-4-10-28-21/h1-11,20H,12,14-15H2/t20-/m0/s1. The van der Waals surface area contributed by atoms with Crippen molar-refractivity contribution in [3.8, 4) is 6.07 Å². The van der Waals surface area contributed by atoms with E-state index >= 15 is 0 Å². The van der Waals surface area contributed by atoms with Crippen LogP contribution in [0, 0.1) is 11.3 Å². The topological polar surface area (TPSA) is 83.5 Å². The summed E-state index contributed by atoms with van der Waals surface area (Å²) in [5.41, 5.74) is 3.24. The number of hydrogen-bond acceptors (Lipinski definition) is 5. The van der Waals surface area contributed by atoms with Crippen LogP contribution in [0.5, 0.6) is 0 Å². The van der Waals surface area contributed by atoms with Crippen LogP contribution in [0.2, 0.25) is 0 Å². The Kier molecular flexibility index (Phi) is 5.12. The van der Waals surface area contributed by atoms with Gasteiger partial charge in [-0.15, -0.1) is 0 Å². The summed E-state index contributed by atoms with van der Waals surface area (Å²) in [6.07, 6.45) is 1.81. The molecule has 29 heavy (non-hydrogen) atoms. The third-order valence-electron chi connectivity index (χ3n) is 4.95. The minimum absolute atomic E-state index is 0.0370. The summed E-state index contributed by atoms with van der Waals surface area (Å²) < 4.78 is 10.8. The molecule has 1 aliphatic rings. The molecular formula is C23H18N2O4. The maximum absolute atomic E-state index is 12.9. The highest BCUT2D eigenvalue weighted by Gasteiger charge is 2.37. The normalized spacial score (nSPS) is 15.3. The summed E-state index contributed by atoms with van der Waals surface area (Å²) in [5, 5.41) is 9.01. The molecule has 0 aliphatic carbocycles. The van der Waals surface area contributed by atoms with Crippen LogP contribution in [-0.4, -0.2) is 22.8 Å². The highest BCUT2D eigenvalue weighted by Crippen LogP contribution is 2.26. The Balaban J connectivity index is 1.55. The van der Waals surface area contributed by atoms with Gasteiger partial charge in [-0.2, -0.15) is 5.26 Å². The Morgan fingerprint density at radius 1 is 1.10 bits per heavy atom. The molecule has 0 radical (unpaired) electrons. The van der Waals surface area contributed by atoms with Gasteiger partial charge in [-0.1, -0.05) is 36.4 Å². The van der Waals surface area contributed by atoms with E-state index in [2.05, 4.69) is 6.07 Å². The summed E-state index contributed by atoms with van der Waals surface area (Å²) in [6.45, 7) is 0.342. The summed E-state index contributed by atoms with van der Waals surface area (Å²) in [4.78, 5) is 27.3. The van der Waals surface area contributed by atoms with Crippen molar-refractivity contribution < 1.29 is 18.7 Å². The quantitative estimate of drug-likeness (QED) is 0.641. The average Bonchev–Trinajstić information content (AvgIpc) is 3.31. The van der Waals surface area contributed by atoms with E-state index in [4.69, 9.17) is 14.4 Å². The van der Waals surface area contributed by atoms with Crippen molar-refractivity contribution in [2.24, 2.45) is 0 Å². The molecule has 0 unspecified atom stereocenters. The fraction of sp³-hybridized carbons (Fsp3) is 0.174. The predicted octanol–water partition coefficient (Wildman–Crippen LogP) is 3.46. The number of amides is 1. The molecule has 144 valence electrons. The molecular weight excluding hydrogens is 368 g/mol. The van der Waals surface area contributed by atoms with Gasteiger partial charge in [0.25, 0.3) is 5.91 Å². The molecule has 2 heterocycles. The molecule has 0 bridgehead atoms. The Morgan fingerprint density at radius 3 is 2.69 bits per heavy atom. The predicted molar refractivity (Wildman–Crippen MR) is 103 cm³/mol. The van der Waals surface area contributed by atoms with Crippen LogP contribution in [0.1, 0.15) is 32.8 Å². The van der Waals surface area contributed by atoms with Crippen LogP contribution < -0.4 is 0 Å². The van der Waals surface area contributed by atoms with Gasteiger partial charge in [-0.05, 0) is 41.0 Å². The van der Waals surface area contributed by atoms with Crippen LogP contribution in [0.15, 0.2) is 71.3 Å². The third kappa shape index (κ3) is 3.90. The number of fused-ring (bicyclic) bond motifs is 1. The molecule has 6 heteroatoms. The lowest BCUT2D eigenvalue weighted by molar-refractivity contribution is -0.151. The monoisotopic (exact) mass is 386 g/mol. The Labute approximate surface area is 167 Å². The van der Waals surface area contributed by atoms with Crippen molar-refractivity contribution >= 4 is 11.9 Å². The first-order valence-electron chi connectivity index (χ1n) is 9.22. The van der Waals surface area contributed by atoms with E-state index in [1.807, 2.05) is 24.3 Å². The second-order valence-corrected chi connectivity index (χ2v) is 6.82. The van der Waals surface area contributed by atoms with Gasteiger partial charge < -0.3 is 14.1 Å². The Morgan fingerprint density at radius 2 is 1.93 bits per heavy atom. The summed E-state index contributed by atoms with van der Waals surface area (Å²) >= 11 is 0. The number of hydrogen-bond donors (Lipinski definition) is 0. The van der Waals surface area contributed by atoms with Crippen LogP contribution in [0.3, 0.4) is 0 Å². The van der Waals surface area contributed by atoms with Crippen molar-refractivity contribution in [3.05, 3.63) is 94.9 Å². The van der Waals surface area contributed by atoms with Gasteiger partial charge in [-0.25, -0.2) is 4.79 Å². The molecule has 0 N–H and O–H groups in total. The number of ether oxygens (including phenoxy) is 1. The van der Waals surface area contributed by atoms with Crippen LogP contribution in [0.25, 0.3) is 0 Å². The number of furan rings is 1. The first kappa shape index (κ1) is 18.5. The SMILES string of the molecule is N#Cc1cccc(COC(=O)[C@@H]2Cc3ccccc3CN2C(=O)c2ccco2)c1. The van der Waals surface area contributed by atoms with Crippen LogP contribution in [0.4, 0.5) is 0 Å². The van der Waals surface area contributed by atoms with Gasteiger partial charge in [0.2, 0.25) is 0 Å². The van der Waals surface area contributed by atoms with Crippen LogP contribution in [-0.2, 0) is 29.1 Å². The molecule has 0 fully saturated rings. The lowest BCUT2D eigenvalue weighted by Gasteiger charge is -2.34. The zero-order valence-corrected chi connectivity index (χ0v) is 15.6. The molecule has 1 atom stereocenters. The van der Waals surface area contributed by atoms with Gasteiger partial charge in [0.1, 0.15) is 12.6 Å². The summed E-state index contributed by atoms with van der Waals surface area (Å²) in [7, 11) is 0. The highest BCUT2D eigenvalue weighted by atomic mass is 16.5. The summed E-state index contributed by atoms with van der Waals surface area (Å²) in [6, 6.07) is 19.2. The lowest BCUT2D eigenvalue weighted by atomic mass is 9.93. The van der Waals surface area contributed by atoms with Crippen molar-refractivity contribution in [3.63, 3.8) is 0 Å². The minimum Gasteiger partial charge on any atom is -0.459 e. The third-order valence-corrected chi connectivity index (χ3v) is 4.95. The zero-order chi connectivity index (χ0) is 20.2. The second-order valence-electron chi connectivity index (χ2n) is 6.82. The number of benzene rings is 2. The number of carbonyl (C=O) groups is 2. The van der Waals surface area contributed by atoms with E-state index in [-0.39, 0.29) is 18.3 Å². The van der Waals surface area contributed by atoms with E-state index < -0.39 is 12.0 Å². The molecule has 3 aromatic rings. The van der Waals surface area contributed by atoms with Crippen molar-refractivity contribution in [1.29, 1.82) is 5.26 Å². The average molecular weight is 386 g/mol. The van der Waals surface area contributed by atoms with E-state index in [0.29, 0.717) is 18.5 Å². The molecule has 0 saturated carbocycles.